The third kappa shape index (κ3) is 5.40. The van der Waals surface area contributed by atoms with E-state index in [0.29, 0.717) is 41.2 Å². The first-order chi connectivity index (χ1) is 16.9. The van der Waals surface area contributed by atoms with E-state index in [-0.39, 0.29) is 5.88 Å². The van der Waals surface area contributed by atoms with E-state index in [9.17, 15) is 13.9 Å². The topological polar surface area (TPSA) is 101 Å². The van der Waals surface area contributed by atoms with Crippen LogP contribution in [0.5, 0.6) is 5.88 Å². The number of rotatable bonds is 7. The molecule has 0 bridgehead atoms. The summed E-state index contributed by atoms with van der Waals surface area (Å²) >= 11 is 8.03. The number of aryl methyl sites for hydroxylation is 1. The Kier molecular flexibility index (Phi) is 7.14. The van der Waals surface area contributed by atoms with Crippen molar-refractivity contribution in [2.24, 2.45) is 0 Å². The second-order valence-corrected chi connectivity index (χ2v) is 10.3. The van der Waals surface area contributed by atoms with Crippen molar-refractivity contribution < 1.29 is 18.6 Å². The van der Waals surface area contributed by atoms with Crippen LogP contribution in [0.2, 0.25) is 5.02 Å². The number of nitrogens with zero attached hydrogens (tertiary/aromatic N) is 6. The lowest BCUT2D eigenvalue weighted by atomic mass is 9.98. The number of hydrogen-bond donors (Lipinski definition) is 2. The van der Waals surface area contributed by atoms with Crippen LogP contribution < -0.4 is 10.1 Å². The second-order valence-electron chi connectivity index (χ2n) is 8.85. The Balaban J connectivity index is 1.29. The summed E-state index contributed by atoms with van der Waals surface area (Å²) in [6.45, 7) is 1.86. The summed E-state index contributed by atoms with van der Waals surface area (Å²) < 4.78 is 31.4. The van der Waals surface area contributed by atoms with Crippen LogP contribution in [-0.2, 0) is 6.54 Å². The minimum absolute atomic E-state index is 0.0654. The lowest BCUT2D eigenvalue weighted by Gasteiger charge is -2.29. The monoisotopic (exact) mass is 525 g/mol. The molecule has 5 rings (SSSR count). The van der Waals surface area contributed by atoms with Crippen molar-refractivity contribution in [2.45, 2.75) is 50.3 Å². The summed E-state index contributed by atoms with van der Waals surface area (Å²) in [5.74, 6) is 0.848. The molecule has 3 aromatic rings. The van der Waals surface area contributed by atoms with Gasteiger partial charge in [0.25, 0.3) is 6.43 Å². The predicted molar refractivity (Wildman–Crippen MR) is 128 cm³/mol. The van der Waals surface area contributed by atoms with Gasteiger partial charge in [0, 0.05) is 24.7 Å². The Bertz CT molecular complexity index is 1170. The highest BCUT2D eigenvalue weighted by Gasteiger charge is 2.31. The maximum atomic E-state index is 12.4. The minimum Gasteiger partial charge on any atom is -0.471 e. The molecule has 0 unspecified atom stereocenters. The van der Waals surface area contributed by atoms with Crippen LogP contribution in [-0.4, -0.2) is 74.0 Å². The van der Waals surface area contributed by atoms with Crippen LogP contribution in [0, 0.1) is 0 Å². The fraction of sp³-hybridized carbons (Fsp3) is 0.545. The number of fused-ring (bicyclic) bond motifs is 1. The average Bonchev–Trinajstić information content (AvgIpc) is 3.49. The van der Waals surface area contributed by atoms with Crippen LogP contribution in [0.3, 0.4) is 0 Å². The van der Waals surface area contributed by atoms with Crippen molar-refractivity contribution in [3.8, 4) is 16.5 Å². The zero-order valence-corrected chi connectivity index (χ0v) is 20.6. The van der Waals surface area contributed by atoms with E-state index in [4.69, 9.17) is 16.3 Å². The van der Waals surface area contributed by atoms with Gasteiger partial charge in [-0.2, -0.15) is 0 Å². The number of halogens is 3. The standard InChI is InChI=1S/C22H26ClF2N7O2S/c1-31-5-2-12(3-6-31)21-26-10-16(35-21)19-13(23)9-27-22(29-19)28-14-4-7-32-15(20(14)33)8-18(30-32)34-11-17(24)25/h8-10,12,14,17,20,33H,2-7,11H2,1H3,(H,27,28,29)/t14-,20+/m0/s1. The number of hydrogen-bond acceptors (Lipinski definition) is 9. The van der Waals surface area contributed by atoms with Gasteiger partial charge in [-0.1, -0.05) is 11.6 Å². The Morgan fingerprint density at radius 3 is 2.80 bits per heavy atom. The summed E-state index contributed by atoms with van der Waals surface area (Å²) in [4.78, 5) is 16.8. The van der Waals surface area contributed by atoms with Crippen LogP contribution in [0.15, 0.2) is 18.5 Å². The molecule has 1 saturated heterocycles. The largest absolute Gasteiger partial charge is 0.471 e. The highest BCUT2D eigenvalue weighted by atomic mass is 35.5. The first-order valence-electron chi connectivity index (χ1n) is 11.5. The van der Waals surface area contributed by atoms with Gasteiger partial charge in [-0.15, -0.1) is 16.4 Å². The van der Waals surface area contributed by atoms with E-state index in [1.165, 1.54) is 12.3 Å². The third-order valence-electron chi connectivity index (χ3n) is 6.37. The summed E-state index contributed by atoms with van der Waals surface area (Å²) in [7, 11) is 2.13. The molecular formula is C22H26ClF2N7O2S. The van der Waals surface area contributed by atoms with Gasteiger partial charge in [-0.3, -0.25) is 4.68 Å². The smallest absolute Gasteiger partial charge is 0.272 e. The van der Waals surface area contributed by atoms with Gasteiger partial charge in [0.15, 0.2) is 6.61 Å². The number of piperidine rings is 1. The molecule has 35 heavy (non-hydrogen) atoms. The molecule has 0 spiro atoms. The van der Waals surface area contributed by atoms with Crippen LogP contribution in [0.1, 0.15) is 42.0 Å². The molecule has 0 amide bonds. The third-order valence-corrected chi connectivity index (χ3v) is 7.81. The molecule has 0 saturated carbocycles. The second kappa shape index (κ2) is 10.3. The number of aromatic nitrogens is 5. The fourth-order valence-electron chi connectivity index (χ4n) is 4.44. The lowest BCUT2D eigenvalue weighted by molar-refractivity contribution is 0.0791. The van der Waals surface area contributed by atoms with Crippen LogP contribution in [0.4, 0.5) is 14.7 Å². The maximum Gasteiger partial charge on any atom is 0.272 e. The number of likely N-dealkylation sites (tertiary alicyclic amines) is 1. The van der Waals surface area contributed by atoms with E-state index >= 15 is 0 Å². The molecule has 0 aliphatic carbocycles. The summed E-state index contributed by atoms with van der Waals surface area (Å²) in [5.41, 5.74) is 1.08. The van der Waals surface area contributed by atoms with Gasteiger partial charge in [0.2, 0.25) is 11.8 Å². The van der Waals surface area contributed by atoms with Crippen molar-refractivity contribution >= 4 is 28.9 Å². The average molecular weight is 526 g/mol. The molecule has 0 aromatic carbocycles. The summed E-state index contributed by atoms with van der Waals surface area (Å²) in [6, 6.07) is 1.09. The van der Waals surface area contributed by atoms with Crippen molar-refractivity contribution in [3.63, 3.8) is 0 Å². The lowest BCUT2D eigenvalue weighted by Crippen LogP contribution is -2.35. The van der Waals surface area contributed by atoms with E-state index in [1.54, 1.807) is 16.0 Å². The zero-order valence-electron chi connectivity index (χ0n) is 19.1. The molecule has 188 valence electrons. The molecule has 1 fully saturated rings. The fourth-order valence-corrected chi connectivity index (χ4v) is 5.78. The van der Waals surface area contributed by atoms with E-state index in [1.807, 2.05) is 6.20 Å². The Morgan fingerprint density at radius 1 is 1.23 bits per heavy atom. The van der Waals surface area contributed by atoms with E-state index in [0.717, 1.165) is 35.8 Å². The molecular weight excluding hydrogens is 500 g/mol. The number of aliphatic hydroxyl groups is 1. The molecule has 9 nitrogen and oxygen atoms in total. The highest BCUT2D eigenvalue weighted by Crippen LogP contribution is 2.37. The van der Waals surface area contributed by atoms with E-state index in [2.05, 4.69) is 37.3 Å². The molecule has 5 heterocycles. The number of aliphatic hydroxyl groups excluding tert-OH is 1. The SMILES string of the molecule is CN1CCC(c2ncc(-c3nc(N[C@H]4CCn5nc(OCC(F)F)cc5[C@@H]4O)ncc3Cl)s2)CC1. The molecule has 2 N–H and O–H groups in total. The molecule has 3 aromatic heterocycles. The number of nitrogens with one attached hydrogen (secondary N) is 1. The number of ether oxygens (including phenoxy) is 1. The van der Waals surface area contributed by atoms with Crippen molar-refractivity contribution in [3.05, 3.63) is 34.2 Å². The molecule has 2 aliphatic rings. The van der Waals surface area contributed by atoms with Crippen LogP contribution >= 0.6 is 22.9 Å². The highest BCUT2D eigenvalue weighted by molar-refractivity contribution is 7.15. The summed E-state index contributed by atoms with van der Waals surface area (Å²) in [6.07, 6.45) is 2.51. The van der Waals surface area contributed by atoms with Crippen molar-refractivity contribution in [1.29, 1.82) is 0 Å². The Morgan fingerprint density at radius 2 is 2.03 bits per heavy atom. The maximum absolute atomic E-state index is 12.4. The minimum atomic E-state index is -2.59. The molecule has 0 radical (unpaired) electrons. The van der Waals surface area contributed by atoms with Crippen LogP contribution in [0.25, 0.3) is 10.6 Å². The number of alkyl halides is 2. The Hall–Kier alpha value is -2.41. The molecule has 13 heteroatoms. The molecule has 2 atom stereocenters. The first kappa shape index (κ1) is 24.3. The normalized spacial score (nSPS) is 21.3. The van der Waals surface area contributed by atoms with Gasteiger partial charge in [-0.25, -0.2) is 23.7 Å². The van der Waals surface area contributed by atoms with Gasteiger partial charge in [-0.05, 0) is 39.4 Å². The number of anilines is 1. The van der Waals surface area contributed by atoms with Gasteiger partial charge < -0.3 is 20.1 Å². The zero-order chi connectivity index (χ0) is 24.5. The summed E-state index contributed by atoms with van der Waals surface area (Å²) in [5, 5.41) is 19.7. The quantitative estimate of drug-likeness (QED) is 0.480. The van der Waals surface area contributed by atoms with Gasteiger partial charge >= 0.3 is 0 Å². The van der Waals surface area contributed by atoms with Gasteiger partial charge in [0.1, 0.15) is 11.8 Å². The van der Waals surface area contributed by atoms with Gasteiger partial charge in [0.05, 0.1) is 32.8 Å². The first-order valence-corrected chi connectivity index (χ1v) is 12.7. The van der Waals surface area contributed by atoms with Crippen molar-refractivity contribution in [2.75, 3.05) is 32.1 Å². The van der Waals surface area contributed by atoms with Crippen molar-refractivity contribution in [1.82, 2.24) is 29.6 Å². The molecule has 2 aliphatic heterocycles. The predicted octanol–water partition coefficient (Wildman–Crippen LogP) is 3.82. The van der Waals surface area contributed by atoms with E-state index < -0.39 is 25.2 Å². The number of thiazole rings is 1. The Labute approximate surface area is 210 Å².